The summed E-state index contributed by atoms with van der Waals surface area (Å²) < 4.78 is 0. The van der Waals surface area contributed by atoms with E-state index in [9.17, 15) is 4.79 Å². The van der Waals surface area contributed by atoms with Crippen LogP contribution in [0.1, 0.15) is 32.1 Å². The normalized spacial score (nSPS) is 34.1. The van der Waals surface area contributed by atoms with Crippen LogP contribution < -0.4 is 10.6 Å². The number of aliphatic imine (C=N–C) groups is 1. The van der Waals surface area contributed by atoms with Crippen LogP contribution in [0.3, 0.4) is 0 Å². The van der Waals surface area contributed by atoms with E-state index in [-0.39, 0.29) is 11.2 Å². The van der Waals surface area contributed by atoms with E-state index in [1.165, 1.54) is 25.7 Å². The number of nitrogens with zero attached hydrogens (tertiary/aromatic N) is 1. The van der Waals surface area contributed by atoms with Crippen molar-refractivity contribution >= 4 is 28.5 Å². The van der Waals surface area contributed by atoms with Crippen LogP contribution in [0.15, 0.2) is 35.3 Å². The van der Waals surface area contributed by atoms with E-state index in [2.05, 4.69) is 10.6 Å². The van der Waals surface area contributed by atoms with Gasteiger partial charge in [-0.1, -0.05) is 36.4 Å². The third-order valence-electron chi connectivity index (χ3n) is 5.27. The quantitative estimate of drug-likeness (QED) is 0.872. The molecule has 2 saturated carbocycles. The lowest BCUT2D eigenvalue weighted by Gasteiger charge is -2.17. The van der Waals surface area contributed by atoms with Gasteiger partial charge in [-0.25, -0.2) is 0 Å². The van der Waals surface area contributed by atoms with Crippen molar-refractivity contribution in [1.82, 2.24) is 5.32 Å². The molecule has 2 bridgehead atoms. The molecule has 4 unspecified atom stereocenters. The molecule has 4 rings (SSSR count). The number of benzene rings is 1. The minimum atomic E-state index is -0.0106. The average molecular weight is 329 g/mol. The zero-order valence-corrected chi connectivity index (χ0v) is 14.0. The van der Waals surface area contributed by atoms with Gasteiger partial charge in [0.25, 0.3) is 0 Å². The molecule has 122 valence electrons. The number of thioether (sulfide) groups is 1. The van der Waals surface area contributed by atoms with E-state index < -0.39 is 0 Å². The van der Waals surface area contributed by atoms with Gasteiger partial charge in [0.15, 0.2) is 5.17 Å². The molecule has 5 heteroatoms. The fraction of sp³-hybridized carbons (Fsp3) is 0.556. The minimum absolute atomic E-state index is 0.0106. The molecule has 1 aromatic rings. The molecule has 1 heterocycles. The van der Waals surface area contributed by atoms with E-state index in [1.807, 2.05) is 30.3 Å². The van der Waals surface area contributed by atoms with E-state index >= 15 is 0 Å². The highest BCUT2D eigenvalue weighted by Gasteiger charge is 2.40. The summed E-state index contributed by atoms with van der Waals surface area (Å²) in [5.41, 5.74) is 1.10. The average Bonchev–Trinajstić information content (AvgIpc) is 3.25. The van der Waals surface area contributed by atoms with Crippen LogP contribution in [-0.4, -0.2) is 28.9 Å². The Morgan fingerprint density at radius 3 is 2.83 bits per heavy atom. The van der Waals surface area contributed by atoms with Gasteiger partial charge in [-0.2, -0.15) is 0 Å². The first kappa shape index (κ1) is 15.1. The SMILES string of the molecule is O=C1NC(=NC2CC3CCC2C3)SC1CCNc1ccccc1. The molecule has 1 amide bonds. The molecule has 1 saturated heterocycles. The number of carbonyl (C=O) groups excluding carboxylic acids is 1. The Balaban J connectivity index is 1.28. The number of anilines is 1. The highest BCUT2D eigenvalue weighted by atomic mass is 32.2. The topological polar surface area (TPSA) is 53.5 Å². The van der Waals surface area contributed by atoms with E-state index in [0.717, 1.165) is 35.7 Å². The summed E-state index contributed by atoms with van der Waals surface area (Å²) in [4.78, 5) is 17.0. The number of hydrogen-bond donors (Lipinski definition) is 2. The van der Waals surface area contributed by atoms with E-state index in [4.69, 9.17) is 4.99 Å². The van der Waals surface area contributed by atoms with Crippen molar-refractivity contribution in [1.29, 1.82) is 0 Å². The maximum absolute atomic E-state index is 12.1. The van der Waals surface area contributed by atoms with Crippen molar-refractivity contribution in [2.75, 3.05) is 11.9 Å². The smallest absolute Gasteiger partial charge is 0.239 e. The predicted octanol–water partition coefficient (Wildman–Crippen LogP) is 3.26. The van der Waals surface area contributed by atoms with Gasteiger partial charge >= 0.3 is 0 Å². The summed E-state index contributed by atoms with van der Waals surface area (Å²) in [6, 6.07) is 10.6. The molecular weight excluding hydrogens is 306 g/mol. The summed E-state index contributed by atoms with van der Waals surface area (Å²) in [6.45, 7) is 0.802. The summed E-state index contributed by atoms with van der Waals surface area (Å²) in [5.74, 6) is 1.78. The number of para-hydroxylation sites is 1. The molecular formula is C18H23N3OS. The van der Waals surface area contributed by atoms with Gasteiger partial charge in [0, 0.05) is 12.2 Å². The standard InChI is InChI=1S/C18H23N3OS/c22-17-16(8-9-19-14-4-2-1-3-5-14)23-18(21-17)20-15-11-12-6-7-13(15)10-12/h1-5,12-13,15-16,19H,6-11H2,(H,20,21,22). The molecule has 3 aliphatic rings. The lowest BCUT2D eigenvalue weighted by molar-refractivity contribution is -0.118. The van der Waals surface area contributed by atoms with Gasteiger partial charge in [-0.3, -0.25) is 9.79 Å². The Kier molecular flexibility index (Phi) is 4.29. The Morgan fingerprint density at radius 2 is 2.09 bits per heavy atom. The van der Waals surface area contributed by atoms with Crippen molar-refractivity contribution < 1.29 is 4.79 Å². The Bertz CT molecular complexity index is 604. The van der Waals surface area contributed by atoms with Gasteiger partial charge < -0.3 is 10.6 Å². The van der Waals surface area contributed by atoms with E-state index in [0.29, 0.717) is 6.04 Å². The van der Waals surface area contributed by atoms with Crippen LogP contribution in [0.2, 0.25) is 0 Å². The van der Waals surface area contributed by atoms with Crippen LogP contribution >= 0.6 is 11.8 Å². The third kappa shape index (κ3) is 3.39. The Labute approximate surface area is 141 Å². The largest absolute Gasteiger partial charge is 0.385 e. The van der Waals surface area contributed by atoms with E-state index in [1.54, 1.807) is 11.8 Å². The second-order valence-electron chi connectivity index (χ2n) is 6.85. The van der Waals surface area contributed by atoms with Gasteiger partial charge in [-0.05, 0) is 49.7 Å². The van der Waals surface area contributed by atoms with Gasteiger partial charge in [0.05, 0.1) is 11.3 Å². The summed E-state index contributed by atoms with van der Waals surface area (Å²) in [6.07, 6.45) is 6.12. The molecule has 4 atom stereocenters. The molecule has 0 radical (unpaired) electrons. The number of amidine groups is 1. The molecule has 23 heavy (non-hydrogen) atoms. The van der Waals surface area contributed by atoms with Crippen LogP contribution in [0.5, 0.6) is 0 Å². The maximum Gasteiger partial charge on any atom is 0.239 e. The number of rotatable bonds is 5. The minimum Gasteiger partial charge on any atom is -0.385 e. The highest BCUT2D eigenvalue weighted by Crippen LogP contribution is 2.46. The van der Waals surface area contributed by atoms with Gasteiger partial charge in [0.2, 0.25) is 5.91 Å². The first-order valence-electron chi connectivity index (χ1n) is 8.62. The number of fused-ring (bicyclic) bond motifs is 2. The molecule has 4 nitrogen and oxygen atoms in total. The van der Waals surface area contributed by atoms with Crippen molar-refractivity contribution in [3.8, 4) is 0 Å². The third-order valence-corrected chi connectivity index (χ3v) is 6.43. The first-order chi connectivity index (χ1) is 11.3. The predicted molar refractivity (Wildman–Crippen MR) is 95.7 cm³/mol. The summed E-state index contributed by atoms with van der Waals surface area (Å²) in [5, 5.41) is 7.20. The fourth-order valence-electron chi connectivity index (χ4n) is 4.08. The molecule has 1 aromatic carbocycles. The molecule has 3 fully saturated rings. The maximum atomic E-state index is 12.1. The van der Waals surface area contributed by atoms with Crippen LogP contribution in [0.4, 0.5) is 5.69 Å². The second-order valence-corrected chi connectivity index (χ2v) is 8.05. The second kappa shape index (κ2) is 6.56. The van der Waals surface area contributed by atoms with Crippen LogP contribution in [-0.2, 0) is 4.79 Å². The zero-order valence-electron chi connectivity index (χ0n) is 13.2. The summed E-state index contributed by atoms with van der Waals surface area (Å²) >= 11 is 1.62. The molecule has 0 spiro atoms. The van der Waals surface area contributed by atoms with Crippen LogP contribution in [0.25, 0.3) is 0 Å². The Morgan fingerprint density at radius 1 is 1.22 bits per heavy atom. The van der Waals surface area contributed by atoms with Gasteiger partial charge in [-0.15, -0.1) is 0 Å². The monoisotopic (exact) mass is 329 g/mol. The highest BCUT2D eigenvalue weighted by molar-refractivity contribution is 8.15. The molecule has 2 N–H and O–H groups in total. The number of amides is 1. The molecule has 1 aliphatic heterocycles. The zero-order chi connectivity index (χ0) is 15.6. The van der Waals surface area contributed by atoms with Gasteiger partial charge in [0.1, 0.15) is 0 Å². The van der Waals surface area contributed by atoms with Crippen LogP contribution in [0, 0.1) is 11.8 Å². The molecule has 2 aliphatic carbocycles. The van der Waals surface area contributed by atoms with Crippen molar-refractivity contribution in [3.05, 3.63) is 30.3 Å². The van der Waals surface area contributed by atoms with Crippen molar-refractivity contribution in [2.45, 2.75) is 43.4 Å². The number of carbonyl (C=O) groups is 1. The lowest BCUT2D eigenvalue weighted by atomic mass is 9.96. The van der Waals surface area contributed by atoms with Crippen molar-refractivity contribution in [2.24, 2.45) is 16.8 Å². The summed E-state index contributed by atoms with van der Waals surface area (Å²) in [7, 11) is 0. The molecule has 0 aromatic heterocycles. The van der Waals surface area contributed by atoms with Crippen molar-refractivity contribution in [3.63, 3.8) is 0 Å². The number of nitrogens with one attached hydrogen (secondary N) is 2. The fourth-order valence-corrected chi connectivity index (χ4v) is 5.11. The lowest BCUT2D eigenvalue weighted by Crippen LogP contribution is -2.27. The first-order valence-corrected chi connectivity index (χ1v) is 9.50. The Hall–Kier alpha value is -1.49. The number of hydrogen-bond acceptors (Lipinski definition) is 4.